The normalized spacial score (nSPS) is 16.8. The standard InChI is InChI=1S/C27H46N6O6.C5H9N3/c1-18-14-21(22(34)29-13-11-19-15-28-17-31-19)33(16-18)23(35)20(32-25(37)39-27(5,6)7)10-8-9-12-30-24(36)38-26(2,3)4;6-2-1-5-3-7-4-8-5/h15,17-18,20-21H,8-14,16H2,1-7H3,(H,28,31)(H,29,34)(H,30,36)(H,32,37);3-4H,1-2,6H2,(H,7,8)/t18-,20+,21-;/m0./s1. The van der Waals surface area contributed by atoms with Gasteiger partial charge in [0.05, 0.1) is 12.7 Å². The maximum atomic E-state index is 13.7. The number of alkyl carbamates (subject to hydrolysis) is 2. The van der Waals surface area contributed by atoms with Crippen LogP contribution in [0.2, 0.25) is 0 Å². The number of nitrogens with zero attached hydrogens (tertiary/aromatic N) is 3. The third-order valence-electron chi connectivity index (χ3n) is 6.89. The molecule has 2 aromatic heterocycles. The van der Waals surface area contributed by atoms with Crippen molar-refractivity contribution in [2.45, 2.75) is 110 Å². The number of unbranched alkanes of at least 4 members (excludes halogenated alkanes) is 1. The highest BCUT2D eigenvalue weighted by atomic mass is 16.6. The molecule has 7 N–H and O–H groups in total. The molecule has 4 amide bonds. The zero-order valence-electron chi connectivity index (χ0n) is 29.0. The minimum atomic E-state index is -0.869. The number of ether oxygens (including phenoxy) is 2. The van der Waals surface area contributed by atoms with Gasteiger partial charge in [0.2, 0.25) is 11.8 Å². The number of H-pyrrole nitrogens is 2. The number of aromatic amines is 2. The number of nitrogens with two attached hydrogens (primary N) is 1. The van der Waals surface area contributed by atoms with Crippen LogP contribution in [-0.2, 0) is 31.9 Å². The SMILES string of the molecule is C[C@H]1C[C@@H](C(=O)NCCc2cnc[nH]2)N(C(=O)[C@@H](CCCCNC(=O)OC(C)(C)C)NC(=O)OC(C)(C)C)C1.NCCc1cnc[nH]1. The Balaban J connectivity index is 0.000000833. The van der Waals surface area contributed by atoms with Crippen LogP contribution in [-0.4, -0.2) is 98.3 Å². The Bertz CT molecular complexity index is 1220. The van der Waals surface area contributed by atoms with E-state index in [0.717, 1.165) is 17.8 Å². The van der Waals surface area contributed by atoms with E-state index in [0.29, 0.717) is 58.3 Å². The summed E-state index contributed by atoms with van der Waals surface area (Å²) in [6.07, 6.45) is 9.01. The van der Waals surface area contributed by atoms with Gasteiger partial charge in [-0.25, -0.2) is 19.6 Å². The second kappa shape index (κ2) is 18.9. The third kappa shape index (κ3) is 15.8. The van der Waals surface area contributed by atoms with E-state index in [-0.39, 0.29) is 17.7 Å². The molecule has 0 spiro atoms. The van der Waals surface area contributed by atoms with Crippen LogP contribution in [0.1, 0.15) is 85.5 Å². The molecule has 264 valence electrons. The van der Waals surface area contributed by atoms with Crippen LogP contribution < -0.4 is 21.7 Å². The molecule has 3 rings (SSSR count). The number of rotatable bonds is 13. The Morgan fingerprint density at radius 3 is 2.06 bits per heavy atom. The third-order valence-corrected chi connectivity index (χ3v) is 6.89. The van der Waals surface area contributed by atoms with Gasteiger partial charge in [-0.3, -0.25) is 9.59 Å². The number of amides is 4. The Labute approximate surface area is 277 Å². The molecule has 0 radical (unpaired) electrons. The summed E-state index contributed by atoms with van der Waals surface area (Å²) in [4.78, 5) is 66.5. The number of carbonyl (C=O) groups excluding carboxylic acids is 4. The van der Waals surface area contributed by atoms with E-state index in [1.807, 2.05) is 6.92 Å². The highest BCUT2D eigenvalue weighted by molar-refractivity contribution is 5.92. The van der Waals surface area contributed by atoms with Crippen molar-refractivity contribution < 1.29 is 28.7 Å². The number of carbonyl (C=O) groups is 4. The molecule has 0 aliphatic carbocycles. The van der Waals surface area contributed by atoms with Crippen LogP contribution in [0.3, 0.4) is 0 Å². The van der Waals surface area contributed by atoms with Crippen molar-refractivity contribution in [2.24, 2.45) is 11.7 Å². The van der Waals surface area contributed by atoms with Gasteiger partial charge >= 0.3 is 12.2 Å². The quantitative estimate of drug-likeness (QED) is 0.174. The molecule has 1 aliphatic heterocycles. The first-order valence-electron chi connectivity index (χ1n) is 16.3. The molecule has 0 aromatic carbocycles. The van der Waals surface area contributed by atoms with Gasteiger partial charge in [-0.2, -0.15) is 0 Å². The lowest BCUT2D eigenvalue weighted by Gasteiger charge is -2.29. The van der Waals surface area contributed by atoms with Crippen molar-refractivity contribution in [2.75, 3.05) is 26.2 Å². The fourth-order valence-electron chi connectivity index (χ4n) is 4.86. The van der Waals surface area contributed by atoms with Crippen LogP contribution >= 0.6 is 0 Å². The molecule has 0 bridgehead atoms. The van der Waals surface area contributed by atoms with E-state index in [9.17, 15) is 19.2 Å². The summed E-state index contributed by atoms with van der Waals surface area (Å²) in [5, 5.41) is 8.33. The first kappa shape index (κ1) is 39.0. The lowest BCUT2D eigenvalue weighted by atomic mass is 10.1. The number of nitrogens with one attached hydrogen (secondary N) is 5. The molecular weight excluding hydrogens is 606 g/mol. The summed E-state index contributed by atoms with van der Waals surface area (Å²) < 4.78 is 10.6. The van der Waals surface area contributed by atoms with E-state index in [1.54, 1.807) is 71.5 Å². The van der Waals surface area contributed by atoms with E-state index in [2.05, 4.69) is 35.9 Å². The van der Waals surface area contributed by atoms with Gasteiger partial charge in [0.1, 0.15) is 23.3 Å². The van der Waals surface area contributed by atoms with Gasteiger partial charge in [0.25, 0.3) is 0 Å². The van der Waals surface area contributed by atoms with Gasteiger partial charge < -0.3 is 46.0 Å². The van der Waals surface area contributed by atoms with Crippen LogP contribution in [0.15, 0.2) is 25.0 Å². The average Bonchev–Trinajstić information content (AvgIpc) is 3.73. The summed E-state index contributed by atoms with van der Waals surface area (Å²) >= 11 is 0. The minimum Gasteiger partial charge on any atom is -0.444 e. The molecule has 15 nitrogen and oxygen atoms in total. The summed E-state index contributed by atoms with van der Waals surface area (Å²) in [5.41, 5.74) is 5.97. The largest absolute Gasteiger partial charge is 0.444 e. The molecule has 0 unspecified atom stereocenters. The molecule has 15 heteroatoms. The second-order valence-electron chi connectivity index (χ2n) is 13.7. The van der Waals surface area contributed by atoms with Gasteiger partial charge in [-0.15, -0.1) is 0 Å². The van der Waals surface area contributed by atoms with Crippen molar-refractivity contribution in [3.05, 3.63) is 36.4 Å². The van der Waals surface area contributed by atoms with Crippen molar-refractivity contribution in [1.29, 1.82) is 0 Å². The van der Waals surface area contributed by atoms with Crippen LogP contribution in [0.25, 0.3) is 0 Å². The van der Waals surface area contributed by atoms with Gasteiger partial charge in [-0.05, 0) is 79.7 Å². The lowest BCUT2D eigenvalue weighted by molar-refractivity contribution is -0.140. The molecule has 3 atom stereocenters. The number of hydrogen-bond donors (Lipinski definition) is 6. The number of imidazole rings is 2. The topological polar surface area (TPSA) is 209 Å². The fourth-order valence-corrected chi connectivity index (χ4v) is 4.86. The van der Waals surface area contributed by atoms with Crippen LogP contribution in [0.5, 0.6) is 0 Å². The molecule has 1 saturated heterocycles. The predicted octanol–water partition coefficient (Wildman–Crippen LogP) is 2.80. The predicted molar refractivity (Wildman–Crippen MR) is 177 cm³/mol. The highest BCUT2D eigenvalue weighted by Gasteiger charge is 2.40. The Kier molecular flexibility index (Phi) is 15.7. The highest BCUT2D eigenvalue weighted by Crippen LogP contribution is 2.25. The van der Waals surface area contributed by atoms with Gasteiger partial charge in [0.15, 0.2) is 0 Å². The van der Waals surface area contributed by atoms with Crippen molar-refractivity contribution >= 4 is 24.0 Å². The number of aromatic nitrogens is 4. The second-order valence-corrected chi connectivity index (χ2v) is 13.7. The molecule has 1 fully saturated rings. The molecule has 47 heavy (non-hydrogen) atoms. The van der Waals surface area contributed by atoms with Gasteiger partial charge in [0, 0.05) is 56.3 Å². The first-order chi connectivity index (χ1) is 22.1. The van der Waals surface area contributed by atoms with Crippen LogP contribution in [0, 0.1) is 5.92 Å². The molecule has 0 saturated carbocycles. The zero-order chi connectivity index (χ0) is 35.0. The summed E-state index contributed by atoms with van der Waals surface area (Å²) in [7, 11) is 0. The van der Waals surface area contributed by atoms with E-state index in [1.165, 1.54) is 0 Å². The Morgan fingerprint density at radius 1 is 0.915 bits per heavy atom. The Morgan fingerprint density at radius 2 is 1.51 bits per heavy atom. The van der Waals surface area contributed by atoms with Crippen molar-refractivity contribution in [1.82, 2.24) is 40.8 Å². The lowest BCUT2D eigenvalue weighted by Crippen LogP contribution is -2.54. The Hall–Kier alpha value is -4.14. The number of hydrogen-bond acceptors (Lipinski definition) is 9. The maximum absolute atomic E-state index is 13.7. The summed E-state index contributed by atoms with van der Waals surface area (Å²) in [5.74, 6) is -0.402. The van der Waals surface area contributed by atoms with E-state index < -0.39 is 35.5 Å². The zero-order valence-corrected chi connectivity index (χ0v) is 29.0. The first-order valence-corrected chi connectivity index (χ1v) is 16.3. The van der Waals surface area contributed by atoms with E-state index in [4.69, 9.17) is 15.2 Å². The van der Waals surface area contributed by atoms with Gasteiger partial charge in [-0.1, -0.05) is 6.92 Å². The molecule has 1 aliphatic rings. The van der Waals surface area contributed by atoms with Crippen LogP contribution in [0.4, 0.5) is 9.59 Å². The smallest absolute Gasteiger partial charge is 0.408 e. The number of likely N-dealkylation sites (tertiary alicyclic amines) is 1. The average molecular weight is 662 g/mol. The molecule has 2 aromatic rings. The minimum absolute atomic E-state index is 0.137. The summed E-state index contributed by atoms with van der Waals surface area (Å²) in [6.45, 7) is 14.5. The van der Waals surface area contributed by atoms with Crippen molar-refractivity contribution in [3.8, 4) is 0 Å². The van der Waals surface area contributed by atoms with Crippen molar-refractivity contribution in [3.63, 3.8) is 0 Å². The molecule has 3 heterocycles. The fraction of sp³-hybridized carbons (Fsp3) is 0.688. The summed E-state index contributed by atoms with van der Waals surface area (Å²) in [6, 6.07) is -1.49. The maximum Gasteiger partial charge on any atom is 0.408 e. The van der Waals surface area contributed by atoms with E-state index >= 15 is 0 Å². The molecular formula is C32H55N9O6. The monoisotopic (exact) mass is 661 g/mol.